The first-order valence-corrected chi connectivity index (χ1v) is 23.6. The van der Waals surface area contributed by atoms with Gasteiger partial charge in [-0.15, -0.1) is 0 Å². The maximum absolute atomic E-state index is 2.55. The van der Waals surface area contributed by atoms with Crippen LogP contribution in [0.15, 0.2) is 164 Å². The van der Waals surface area contributed by atoms with Gasteiger partial charge in [0.05, 0.1) is 0 Å². The number of fused-ring (bicyclic) bond motifs is 16. The second kappa shape index (κ2) is 11.9. The average Bonchev–Trinajstić information content (AvgIpc) is 3.92. The summed E-state index contributed by atoms with van der Waals surface area (Å²) in [4.78, 5) is 0. The van der Waals surface area contributed by atoms with Crippen molar-refractivity contribution in [2.24, 2.45) is 0 Å². The van der Waals surface area contributed by atoms with Crippen molar-refractivity contribution in [3.63, 3.8) is 0 Å². The quantitative estimate of drug-likeness (QED) is 0.120. The van der Waals surface area contributed by atoms with E-state index in [2.05, 4.69) is 184 Å². The summed E-state index contributed by atoms with van der Waals surface area (Å²) in [7, 11) is 0. The minimum atomic E-state index is -0.0203. The molecular formula is C58H36SSe. The molecule has 0 unspecified atom stereocenters. The van der Waals surface area contributed by atoms with Crippen molar-refractivity contribution < 1.29 is 0 Å². The van der Waals surface area contributed by atoms with Crippen molar-refractivity contribution in [2.45, 2.75) is 25.7 Å². The molecule has 2 aliphatic carbocycles. The predicted molar refractivity (Wildman–Crippen MR) is 262 cm³/mol. The molecule has 60 heavy (non-hydrogen) atoms. The van der Waals surface area contributed by atoms with Crippen LogP contribution < -0.4 is 0 Å². The third kappa shape index (κ3) is 4.51. The fraction of sp³-hybridized carbons (Fsp3) is 0.0690. The molecule has 14 rings (SSSR count). The Labute approximate surface area is 357 Å². The summed E-state index contributed by atoms with van der Waals surface area (Å²) in [6.45, 7) is 4.73. The molecule has 0 nitrogen and oxygen atoms in total. The molecule has 0 bridgehead atoms. The van der Waals surface area contributed by atoms with Crippen LogP contribution in [-0.2, 0) is 11.8 Å². The molecule has 2 aliphatic rings. The van der Waals surface area contributed by atoms with Crippen LogP contribution in [0.3, 0.4) is 0 Å². The number of hydrogen-bond acceptors (Lipinski definition) is 1. The Morgan fingerprint density at radius 2 is 1.05 bits per heavy atom. The molecule has 280 valence electrons. The number of hydrogen-bond donors (Lipinski definition) is 0. The van der Waals surface area contributed by atoms with Crippen LogP contribution in [0.4, 0.5) is 0 Å². The second-order valence-electron chi connectivity index (χ2n) is 17.5. The van der Waals surface area contributed by atoms with Crippen molar-refractivity contribution in [1.29, 1.82) is 0 Å². The van der Waals surface area contributed by atoms with Crippen LogP contribution in [0, 0.1) is 0 Å². The second-order valence-corrected chi connectivity index (χ2v) is 20.9. The van der Waals surface area contributed by atoms with Gasteiger partial charge in [0.2, 0.25) is 0 Å². The van der Waals surface area contributed by atoms with Crippen LogP contribution >= 0.6 is 11.3 Å². The van der Waals surface area contributed by atoms with E-state index in [1.165, 1.54) is 138 Å². The first kappa shape index (κ1) is 33.5. The average molecular weight is 844 g/mol. The minimum absolute atomic E-state index is 0.0203. The van der Waals surface area contributed by atoms with Crippen molar-refractivity contribution in [2.75, 3.05) is 0 Å². The van der Waals surface area contributed by atoms with Gasteiger partial charge in [-0.25, -0.2) is 0 Å². The third-order valence-corrected chi connectivity index (χ3v) is 17.5. The number of allylic oxidation sites excluding steroid dienone is 1. The molecule has 0 aliphatic heterocycles. The van der Waals surface area contributed by atoms with E-state index in [-0.39, 0.29) is 19.9 Å². The zero-order valence-corrected chi connectivity index (χ0v) is 35.7. The summed E-state index contributed by atoms with van der Waals surface area (Å²) in [5, 5.41) is 16.5. The van der Waals surface area contributed by atoms with Crippen molar-refractivity contribution >= 4 is 114 Å². The van der Waals surface area contributed by atoms with Crippen molar-refractivity contribution in [1.82, 2.24) is 0 Å². The van der Waals surface area contributed by atoms with E-state index < -0.39 is 0 Å². The molecule has 2 heteroatoms. The van der Waals surface area contributed by atoms with Crippen LogP contribution in [0.2, 0.25) is 0 Å². The topological polar surface area (TPSA) is 0 Å². The molecule has 0 saturated carbocycles. The van der Waals surface area contributed by atoms with E-state index >= 15 is 0 Å². The van der Waals surface area contributed by atoms with Gasteiger partial charge in [-0.1, -0.05) is 56.3 Å². The van der Waals surface area contributed by atoms with Gasteiger partial charge in [0.25, 0.3) is 0 Å². The van der Waals surface area contributed by atoms with Gasteiger partial charge in [-0.05, 0) is 45.5 Å². The van der Waals surface area contributed by atoms with Crippen molar-refractivity contribution in [3.05, 3.63) is 186 Å². The fourth-order valence-electron chi connectivity index (χ4n) is 11.1. The Morgan fingerprint density at radius 3 is 1.85 bits per heavy atom. The van der Waals surface area contributed by atoms with Crippen LogP contribution in [0.5, 0.6) is 0 Å². The number of rotatable bonds is 2. The molecule has 0 amide bonds. The molecule has 2 aromatic heterocycles. The van der Waals surface area contributed by atoms with Crippen LogP contribution in [-0.4, -0.2) is 14.5 Å². The van der Waals surface area contributed by atoms with Gasteiger partial charge < -0.3 is 0 Å². The monoisotopic (exact) mass is 844 g/mol. The fourth-order valence-corrected chi connectivity index (χ4v) is 14.7. The van der Waals surface area contributed by atoms with Gasteiger partial charge in [0.1, 0.15) is 0 Å². The zero-order chi connectivity index (χ0) is 39.4. The van der Waals surface area contributed by atoms with Gasteiger partial charge >= 0.3 is 252 Å². The predicted octanol–water partition coefficient (Wildman–Crippen LogP) is 16.2. The van der Waals surface area contributed by atoms with Gasteiger partial charge in [-0.2, -0.15) is 0 Å². The van der Waals surface area contributed by atoms with E-state index in [9.17, 15) is 0 Å². The molecule has 0 fully saturated rings. The Morgan fingerprint density at radius 1 is 0.433 bits per heavy atom. The summed E-state index contributed by atoms with van der Waals surface area (Å²) < 4.78 is 5.70. The standard InChI is InChI=1S/C58H36SSe/c1-58(2)50-16-6-5-14-41(50)42-22-18-36(28-51(42)58)35-20-24-53-48(27-35)47-26-34(19-23-52(47)59-53)33-17-21-40-44(25-33)38-12-3-4-13-39(38)45-30-49-54(31-46(40)45)60-55-29-37-11-7-9-32-10-8-15-43(56(32)37)57(49)55/h3-10,12-31H,11H2,1-2H3. The summed E-state index contributed by atoms with van der Waals surface area (Å²) in [5.41, 5.74) is 13.5. The first-order valence-electron chi connectivity index (χ1n) is 21.0. The third-order valence-electron chi connectivity index (χ3n) is 14.0. The molecular weight excluding hydrogens is 808 g/mol. The molecule has 0 atom stereocenters. The van der Waals surface area contributed by atoms with Gasteiger partial charge in [0, 0.05) is 5.41 Å². The summed E-state index contributed by atoms with van der Waals surface area (Å²) in [6, 6.07) is 61.0. The Hall–Kier alpha value is -6.28. The molecule has 12 aromatic rings. The van der Waals surface area contributed by atoms with Gasteiger partial charge in [0.15, 0.2) is 0 Å². The molecule has 10 aromatic carbocycles. The Bertz CT molecular complexity index is 3940. The van der Waals surface area contributed by atoms with Crippen molar-refractivity contribution in [3.8, 4) is 33.4 Å². The summed E-state index contributed by atoms with van der Waals surface area (Å²) >= 11 is 2.16. The number of thiophene rings is 1. The summed E-state index contributed by atoms with van der Waals surface area (Å²) in [6.07, 6.45) is 5.66. The van der Waals surface area contributed by atoms with E-state index in [0.717, 1.165) is 6.42 Å². The van der Waals surface area contributed by atoms with E-state index in [1.54, 1.807) is 0 Å². The Kier molecular flexibility index (Phi) is 6.67. The molecule has 0 saturated heterocycles. The maximum atomic E-state index is 2.55. The van der Waals surface area contributed by atoms with E-state index in [4.69, 9.17) is 0 Å². The van der Waals surface area contributed by atoms with Crippen LogP contribution in [0.1, 0.15) is 36.1 Å². The molecule has 0 N–H and O–H groups in total. The van der Waals surface area contributed by atoms with Crippen LogP contribution in [0.25, 0.3) is 122 Å². The molecule has 2 heterocycles. The smallest absolute Gasteiger partial charge is 0.0497 e. The normalized spacial score (nSPS) is 14.2. The van der Waals surface area contributed by atoms with E-state index in [1.807, 2.05) is 11.3 Å². The Balaban J connectivity index is 0.921. The first-order chi connectivity index (χ1) is 29.5. The minimum Gasteiger partial charge on any atom is -0.0497 e. The SMILES string of the molecule is CC1(C)c2ccccc2-c2ccc(-c3ccc4sc5ccc(-c6ccc7c(c6)c6ccccc6c6cc8c(cc76)[se]c6cc7c9c(cccc9c68)C=CC7)cc5c4c3)cc21. The van der Waals surface area contributed by atoms with Gasteiger partial charge in [-0.3, -0.25) is 0 Å². The molecule has 0 spiro atoms. The zero-order valence-electron chi connectivity index (χ0n) is 33.2. The van der Waals surface area contributed by atoms with E-state index in [0.29, 0.717) is 0 Å². The summed E-state index contributed by atoms with van der Waals surface area (Å²) in [5.74, 6) is 0. The number of benzene rings is 10. The molecule has 0 radical (unpaired) electrons.